The molecule has 0 N–H and O–H groups in total. The van der Waals surface area contributed by atoms with Crippen LogP contribution in [0.2, 0.25) is 0 Å². The lowest BCUT2D eigenvalue weighted by Gasteiger charge is -2.10. The van der Waals surface area contributed by atoms with E-state index in [0.717, 1.165) is 23.1 Å². The third-order valence-corrected chi connectivity index (χ3v) is 2.86. The van der Waals surface area contributed by atoms with Crippen LogP contribution in [0.3, 0.4) is 0 Å². The lowest BCUT2D eigenvalue weighted by molar-refractivity contribution is 0.386. The van der Waals surface area contributed by atoms with Gasteiger partial charge in [0.15, 0.2) is 0 Å². The molecule has 0 radical (unpaired) electrons. The van der Waals surface area contributed by atoms with E-state index in [1.54, 1.807) is 0 Å². The van der Waals surface area contributed by atoms with Crippen LogP contribution in [-0.2, 0) is 6.54 Å². The van der Waals surface area contributed by atoms with Gasteiger partial charge in [0, 0.05) is 17.6 Å². The van der Waals surface area contributed by atoms with Crippen LogP contribution in [0.1, 0.15) is 0 Å². The Morgan fingerprint density at radius 1 is 1.40 bits per heavy atom. The first-order valence-corrected chi connectivity index (χ1v) is 5.71. The fraction of sp³-hybridized carbons (Fsp3) is 0.364. The van der Waals surface area contributed by atoms with Crippen LogP contribution in [0.25, 0.3) is 11.0 Å². The molecule has 0 aliphatic rings. The van der Waals surface area contributed by atoms with E-state index in [9.17, 15) is 0 Å². The standard InChI is InChI=1S/C11H14BrN3/c1-14(2)5-6-15-8-13-10-4-3-9(12)7-11(10)15/h3-4,7-8H,5-6H2,1-2H3. The Morgan fingerprint density at radius 3 is 2.93 bits per heavy atom. The molecule has 0 saturated heterocycles. The van der Waals surface area contributed by atoms with Crippen molar-refractivity contribution in [1.82, 2.24) is 14.5 Å². The van der Waals surface area contributed by atoms with Crippen molar-refractivity contribution in [2.45, 2.75) is 6.54 Å². The minimum Gasteiger partial charge on any atom is -0.329 e. The fourth-order valence-electron chi connectivity index (χ4n) is 1.52. The molecule has 0 atom stereocenters. The monoisotopic (exact) mass is 267 g/mol. The summed E-state index contributed by atoms with van der Waals surface area (Å²) in [4.78, 5) is 6.53. The molecular weight excluding hydrogens is 254 g/mol. The predicted octanol–water partition coefficient (Wildman–Crippen LogP) is 2.36. The normalized spacial score (nSPS) is 11.5. The van der Waals surface area contributed by atoms with Gasteiger partial charge < -0.3 is 9.47 Å². The number of aromatic nitrogens is 2. The average Bonchev–Trinajstić information content (AvgIpc) is 2.57. The Hall–Kier alpha value is -0.870. The van der Waals surface area contributed by atoms with Gasteiger partial charge >= 0.3 is 0 Å². The Labute approximate surface area is 97.8 Å². The second-order valence-corrected chi connectivity index (χ2v) is 4.79. The molecule has 0 spiro atoms. The summed E-state index contributed by atoms with van der Waals surface area (Å²) < 4.78 is 3.28. The van der Waals surface area contributed by atoms with Gasteiger partial charge in [-0.15, -0.1) is 0 Å². The second kappa shape index (κ2) is 4.33. The third kappa shape index (κ3) is 2.38. The molecule has 1 aromatic heterocycles. The highest BCUT2D eigenvalue weighted by atomic mass is 79.9. The second-order valence-electron chi connectivity index (χ2n) is 3.87. The first-order chi connectivity index (χ1) is 7.16. The largest absolute Gasteiger partial charge is 0.329 e. The Bertz CT molecular complexity index is 462. The van der Waals surface area contributed by atoms with Crippen LogP contribution in [0.15, 0.2) is 29.0 Å². The molecule has 0 amide bonds. The summed E-state index contributed by atoms with van der Waals surface area (Å²) in [5.41, 5.74) is 2.24. The molecule has 1 heterocycles. The van der Waals surface area contributed by atoms with E-state index >= 15 is 0 Å². The SMILES string of the molecule is CN(C)CCn1cnc2ccc(Br)cc21. The molecule has 2 rings (SSSR count). The summed E-state index contributed by atoms with van der Waals surface area (Å²) in [6.07, 6.45) is 1.90. The summed E-state index contributed by atoms with van der Waals surface area (Å²) in [5, 5.41) is 0. The molecule has 0 unspecified atom stereocenters. The van der Waals surface area contributed by atoms with E-state index in [4.69, 9.17) is 0 Å². The van der Waals surface area contributed by atoms with Crippen LogP contribution in [0.4, 0.5) is 0 Å². The first-order valence-electron chi connectivity index (χ1n) is 4.92. The minimum atomic E-state index is 0.972. The fourth-order valence-corrected chi connectivity index (χ4v) is 1.86. The van der Waals surface area contributed by atoms with Gasteiger partial charge in [0.1, 0.15) is 0 Å². The van der Waals surface area contributed by atoms with E-state index in [1.807, 2.05) is 18.5 Å². The van der Waals surface area contributed by atoms with Gasteiger partial charge in [-0.05, 0) is 32.3 Å². The number of hydrogen-bond donors (Lipinski definition) is 0. The van der Waals surface area contributed by atoms with Crippen LogP contribution in [0.5, 0.6) is 0 Å². The molecule has 0 fully saturated rings. The summed E-state index contributed by atoms with van der Waals surface area (Å²) in [7, 11) is 4.16. The topological polar surface area (TPSA) is 21.1 Å². The Balaban J connectivity index is 2.31. The number of halogens is 1. The maximum Gasteiger partial charge on any atom is 0.0958 e. The van der Waals surface area contributed by atoms with Crippen LogP contribution < -0.4 is 0 Å². The van der Waals surface area contributed by atoms with E-state index in [0.29, 0.717) is 0 Å². The van der Waals surface area contributed by atoms with Crippen LogP contribution >= 0.6 is 15.9 Å². The lowest BCUT2D eigenvalue weighted by Crippen LogP contribution is -2.17. The zero-order valence-electron chi connectivity index (χ0n) is 8.94. The van der Waals surface area contributed by atoms with Gasteiger partial charge in [-0.25, -0.2) is 4.98 Å². The van der Waals surface area contributed by atoms with Crippen molar-refractivity contribution in [2.75, 3.05) is 20.6 Å². The summed E-state index contributed by atoms with van der Waals surface area (Å²) in [6.45, 7) is 2.00. The van der Waals surface area contributed by atoms with Gasteiger partial charge in [0.2, 0.25) is 0 Å². The number of hydrogen-bond acceptors (Lipinski definition) is 2. The molecule has 1 aromatic carbocycles. The molecule has 0 saturated carbocycles. The summed E-state index contributed by atoms with van der Waals surface area (Å²) in [5.74, 6) is 0. The molecular formula is C11H14BrN3. The third-order valence-electron chi connectivity index (χ3n) is 2.37. The van der Waals surface area contributed by atoms with Crippen molar-refractivity contribution in [3.05, 3.63) is 29.0 Å². The molecule has 0 aliphatic carbocycles. The Morgan fingerprint density at radius 2 is 2.20 bits per heavy atom. The molecule has 4 heteroatoms. The van der Waals surface area contributed by atoms with E-state index < -0.39 is 0 Å². The van der Waals surface area contributed by atoms with E-state index in [-0.39, 0.29) is 0 Å². The molecule has 0 aliphatic heterocycles. The van der Waals surface area contributed by atoms with Gasteiger partial charge in [-0.1, -0.05) is 15.9 Å². The van der Waals surface area contributed by atoms with Crippen molar-refractivity contribution in [2.24, 2.45) is 0 Å². The van der Waals surface area contributed by atoms with Crippen molar-refractivity contribution in [3.8, 4) is 0 Å². The van der Waals surface area contributed by atoms with Crippen LogP contribution in [0, 0.1) is 0 Å². The number of rotatable bonds is 3. The maximum atomic E-state index is 4.36. The van der Waals surface area contributed by atoms with Gasteiger partial charge in [-0.3, -0.25) is 0 Å². The van der Waals surface area contributed by atoms with Gasteiger partial charge in [-0.2, -0.15) is 0 Å². The first kappa shape index (κ1) is 10.6. The van der Waals surface area contributed by atoms with Crippen molar-refractivity contribution >= 4 is 27.0 Å². The minimum absolute atomic E-state index is 0.972. The molecule has 15 heavy (non-hydrogen) atoms. The Kier molecular flexibility index (Phi) is 3.07. The van der Waals surface area contributed by atoms with E-state index in [2.05, 4.69) is 50.5 Å². The van der Waals surface area contributed by atoms with Crippen molar-refractivity contribution in [1.29, 1.82) is 0 Å². The summed E-state index contributed by atoms with van der Waals surface area (Å²) in [6, 6.07) is 6.16. The smallest absolute Gasteiger partial charge is 0.0958 e. The number of nitrogens with zero attached hydrogens (tertiary/aromatic N) is 3. The molecule has 3 nitrogen and oxygen atoms in total. The lowest BCUT2D eigenvalue weighted by atomic mass is 10.3. The maximum absolute atomic E-state index is 4.36. The quantitative estimate of drug-likeness (QED) is 0.852. The highest BCUT2D eigenvalue weighted by Crippen LogP contribution is 2.18. The van der Waals surface area contributed by atoms with Crippen LogP contribution in [-0.4, -0.2) is 35.1 Å². The zero-order valence-corrected chi connectivity index (χ0v) is 10.5. The van der Waals surface area contributed by atoms with Crippen molar-refractivity contribution in [3.63, 3.8) is 0 Å². The predicted molar refractivity (Wildman–Crippen MR) is 66.0 cm³/mol. The van der Waals surface area contributed by atoms with E-state index in [1.165, 1.54) is 5.52 Å². The summed E-state index contributed by atoms with van der Waals surface area (Å²) >= 11 is 3.48. The number of likely N-dealkylation sites (N-methyl/N-ethyl adjacent to an activating group) is 1. The highest BCUT2D eigenvalue weighted by Gasteiger charge is 2.02. The number of fused-ring (bicyclic) bond motifs is 1. The number of benzene rings is 1. The molecule has 0 bridgehead atoms. The zero-order chi connectivity index (χ0) is 10.8. The molecule has 80 valence electrons. The average molecular weight is 268 g/mol. The molecule has 2 aromatic rings. The van der Waals surface area contributed by atoms with Gasteiger partial charge in [0.25, 0.3) is 0 Å². The number of imidazole rings is 1. The highest BCUT2D eigenvalue weighted by molar-refractivity contribution is 9.10. The van der Waals surface area contributed by atoms with Gasteiger partial charge in [0.05, 0.1) is 17.4 Å². The van der Waals surface area contributed by atoms with Crippen molar-refractivity contribution < 1.29 is 0 Å².